The Kier molecular flexibility index (Phi) is 6.70. The minimum Gasteiger partial charge on any atom is -0.497 e. The maximum atomic E-state index is 12.7. The smallest absolute Gasteiger partial charge is 0.271 e. The monoisotopic (exact) mass is 385 g/mol. The molecule has 0 bridgehead atoms. The summed E-state index contributed by atoms with van der Waals surface area (Å²) in [5.41, 5.74) is 1.29. The van der Waals surface area contributed by atoms with E-state index >= 15 is 0 Å². The molecule has 0 saturated carbocycles. The summed E-state index contributed by atoms with van der Waals surface area (Å²) in [7, 11) is 1.53. The molecular formula is C20H23N3O5. The van der Waals surface area contributed by atoms with Gasteiger partial charge in [-0.1, -0.05) is 19.9 Å². The molecule has 0 aliphatic carbocycles. The van der Waals surface area contributed by atoms with Gasteiger partial charge >= 0.3 is 0 Å². The maximum Gasteiger partial charge on any atom is 0.271 e. The fourth-order valence-electron chi connectivity index (χ4n) is 2.57. The number of rotatable bonds is 7. The zero-order chi connectivity index (χ0) is 20.8. The van der Waals surface area contributed by atoms with Gasteiger partial charge in [0.25, 0.3) is 11.6 Å². The fraction of sp³-hybridized carbons (Fsp3) is 0.300. The number of carbonyl (C=O) groups is 2. The van der Waals surface area contributed by atoms with E-state index in [4.69, 9.17) is 4.74 Å². The first kappa shape index (κ1) is 20.9. The van der Waals surface area contributed by atoms with E-state index in [9.17, 15) is 19.7 Å². The zero-order valence-corrected chi connectivity index (χ0v) is 16.2. The van der Waals surface area contributed by atoms with Crippen LogP contribution in [0.25, 0.3) is 0 Å². The quantitative estimate of drug-likeness (QED) is 0.561. The van der Waals surface area contributed by atoms with Gasteiger partial charge in [0.05, 0.1) is 17.7 Å². The molecule has 0 aromatic heterocycles. The average molecular weight is 385 g/mol. The average Bonchev–Trinajstić information content (AvgIpc) is 2.67. The van der Waals surface area contributed by atoms with Crippen LogP contribution in [0.15, 0.2) is 42.5 Å². The second kappa shape index (κ2) is 8.98. The van der Waals surface area contributed by atoms with E-state index in [-0.39, 0.29) is 11.6 Å². The minimum atomic E-state index is -0.812. The van der Waals surface area contributed by atoms with Gasteiger partial charge in [0.2, 0.25) is 5.91 Å². The van der Waals surface area contributed by atoms with Crippen LogP contribution in [-0.2, 0) is 4.79 Å². The Labute approximate surface area is 163 Å². The van der Waals surface area contributed by atoms with Crippen LogP contribution < -0.4 is 15.4 Å². The first-order chi connectivity index (χ1) is 13.2. The number of nitro groups is 1. The van der Waals surface area contributed by atoms with Crippen LogP contribution in [0.5, 0.6) is 5.75 Å². The minimum absolute atomic E-state index is 0.121. The Hall–Kier alpha value is -3.42. The van der Waals surface area contributed by atoms with Crippen LogP contribution in [0, 0.1) is 23.0 Å². The summed E-state index contributed by atoms with van der Waals surface area (Å²) in [4.78, 5) is 35.7. The van der Waals surface area contributed by atoms with Crippen LogP contribution in [0.2, 0.25) is 0 Å². The van der Waals surface area contributed by atoms with Gasteiger partial charge < -0.3 is 15.4 Å². The molecule has 0 aliphatic rings. The number of nitrogens with one attached hydrogen (secondary N) is 2. The molecule has 2 rings (SSSR count). The molecular weight excluding hydrogens is 362 g/mol. The molecule has 1 atom stereocenters. The van der Waals surface area contributed by atoms with Gasteiger partial charge in [-0.05, 0) is 42.7 Å². The highest BCUT2D eigenvalue weighted by Crippen LogP contribution is 2.22. The van der Waals surface area contributed by atoms with Crippen LogP contribution in [0.3, 0.4) is 0 Å². The van der Waals surface area contributed by atoms with E-state index in [0.717, 1.165) is 0 Å². The van der Waals surface area contributed by atoms with Gasteiger partial charge in [-0.2, -0.15) is 0 Å². The molecule has 28 heavy (non-hydrogen) atoms. The first-order valence-corrected chi connectivity index (χ1v) is 8.73. The number of nitro benzene ring substituents is 1. The largest absolute Gasteiger partial charge is 0.497 e. The number of benzene rings is 2. The summed E-state index contributed by atoms with van der Waals surface area (Å²) < 4.78 is 5.07. The standard InChI is InChI=1S/C20H23N3O5/c1-12(2)18(22-19(24)14-6-9-16(28-4)10-7-14)20(25)21-17-11-15(23(26)27)8-5-13(17)3/h5-12,18H,1-4H3,(H,21,25)(H,22,24). The molecule has 0 heterocycles. The van der Waals surface area contributed by atoms with Crippen molar-refractivity contribution in [2.75, 3.05) is 12.4 Å². The van der Waals surface area contributed by atoms with Crippen molar-refractivity contribution >= 4 is 23.2 Å². The van der Waals surface area contributed by atoms with E-state index in [0.29, 0.717) is 22.6 Å². The number of methoxy groups -OCH3 is 1. The number of ether oxygens (including phenoxy) is 1. The summed E-state index contributed by atoms with van der Waals surface area (Å²) in [6.07, 6.45) is 0. The number of non-ortho nitro benzene ring substituents is 1. The molecule has 148 valence electrons. The zero-order valence-electron chi connectivity index (χ0n) is 16.2. The molecule has 8 nitrogen and oxygen atoms in total. The van der Waals surface area contributed by atoms with E-state index in [2.05, 4.69) is 10.6 Å². The molecule has 2 N–H and O–H groups in total. The summed E-state index contributed by atoms with van der Waals surface area (Å²) >= 11 is 0. The fourth-order valence-corrected chi connectivity index (χ4v) is 2.57. The Balaban J connectivity index is 2.16. The van der Waals surface area contributed by atoms with E-state index in [1.807, 2.05) is 0 Å². The Morgan fingerprint density at radius 3 is 2.29 bits per heavy atom. The van der Waals surface area contributed by atoms with Crippen LogP contribution in [-0.4, -0.2) is 29.9 Å². The molecule has 0 radical (unpaired) electrons. The molecule has 2 amide bonds. The number of anilines is 1. The SMILES string of the molecule is COc1ccc(C(=O)NC(C(=O)Nc2cc([N+](=O)[O-])ccc2C)C(C)C)cc1. The molecule has 1 unspecified atom stereocenters. The lowest BCUT2D eigenvalue weighted by Crippen LogP contribution is -2.47. The molecule has 0 fully saturated rings. The number of hydrogen-bond donors (Lipinski definition) is 2. The molecule has 8 heteroatoms. The highest BCUT2D eigenvalue weighted by Gasteiger charge is 2.25. The van der Waals surface area contributed by atoms with Crippen molar-refractivity contribution in [3.05, 3.63) is 63.7 Å². The number of aryl methyl sites for hydroxylation is 1. The molecule has 0 spiro atoms. The van der Waals surface area contributed by atoms with E-state index in [1.165, 1.54) is 19.2 Å². The van der Waals surface area contributed by atoms with Crippen molar-refractivity contribution < 1.29 is 19.2 Å². The van der Waals surface area contributed by atoms with Crippen molar-refractivity contribution in [2.45, 2.75) is 26.8 Å². The van der Waals surface area contributed by atoms with E-state index in [1.54, 1.807) is 51.1 Å². The number of nitrogens with zero attached hydrogens (tertiary/aromatic N) is 1. The third-order valence-electron chi connectivity index (χ3n) is 4.28. The topological polar surface area (TPSA) is 111 Å². The second-order valence-electron chi connectivity index (χ2n) is 6.67. The van der Waals surface area contributed by atoms with Crippen molar-refractivity contribution in [1.82, 2.24) is 5.32 Å². The summed E-state index contributed by atoms with van der Waals surface area (Å²) in [6, 6.07) is 9.95. The van der Waals surface area contributed by atoms with Gasteiger partial charge in [-0.3, -0.25) is 19.7 Å². The maximum absolute atomic E-state index is 12.7. The van der Waals surface area contributed by atoms with E-state index < -0.39 is 22.8 Å². The highest BCUT2D eigenvalue weighted by atomic mass is 16.6. The third kappa shape index (κ3) is 5.06. The predicted octanol–water partition coefficient (Wildman–Crippen LogP) is 3.30. The van der Waals surface area contributed by atoms with Crippen molar-refractivity contribution in [2.24, 2.45) is 5.92 Å². The molecule has 2 aromatic carbocycles. The second-order valence-corrected chi connectivity index (χ2v) is 6.67. The Morgan fingerprint density at radius 2 is 1.75 bits per heavy atom. The Morgan fingerprint density at radius 1 is 1.11 bits per heavy atom. The lowest BCUT2D eigenvalue weighted by Gasteiger charge is -2.22. The highest BCUT2D eigenvalue weighted by molar-refractivity contribution is 6.01. The lowest BCUT2D eigenvalue weighted by atomic mass is 10.0. The van der Waals surface area contributed by atoms with Crippen LogP contribution in [0.4, 0.5) is 11.4 Å². The van der Waals surface area contributed by atoms with Gasteiger partial charge in [0.15, 0.2) is 0 Å². The van der Waals surface area contributed by atoms with Gasteiger partial charge in [0.1, 0.15) is 11.8 Å². The summed E-state index contributed by atoms with van der Waals surface area (Å²) in [5, 5.41) is 16.4. The number of amides is 2. The summed E-state index contributed by atoms with van der Waals surface area (Å²) in [6.45, 7) is 5.34. The van der Waals surface area contributed by atoms with Gasteiger partial charge in [-0.15, -0.1) is 0 Å². The van der Waals surface area contributed by atoms with Crippen molar-refractivity contribution in [3.8, 4) is 5.75 Å². The first-order valence-electron chi connectivity index (χ1n) is 8.73. The third-order valence-corrected chi connectivity index (χ3v) is 4.28. The summed E-state index contributed by atoms with van der Waals surface area (Å²) in [5.74, 6) is -0.412. The lowest BCUT2D eigenvalue weighted by molar-refractivity contribution is -0.384. The number of carbonyl (C=O) groups excluding carboxylic acids is 2. The van der Waals surface area contributed by atoms with Gasteiger partial charge in [0, 0.05) is 17.7 Å². The van der Waals surface area contributed by atoms with Crippen molar-refractivity contribution in [1.29, 1.82) is 0 Å². The van der Waals surface area contributed by atoms with Gasteiger partial charge in [-0.25, -0.2) is 0 Å². The molecule has 0 aliphatic heterocycles. The van der Waals surface area contributed by atoms with Crippen molar-refractivity contribution in [3.63, 3.8) is 0 Å². The number of hydrogen-bond acceptors (Lipinski definition) is 5. The van der Waals surface area contributed by atoms with Crippen LogP contribution >= 0.6 is 0 Å². The molecule has 2 aromatic rings. The molecule has 0 saturated heterocycles. The normalized spacial score (nSPS) is 11.6. The van der Waals surface area contributed by atoms with Crippen LogP contribution in [0.1, 0.15) is 29.8 Å². The Bertz CT molecular complexity index is 878. The predicted molar refractivity (Wildman–Crippen MR) is 106 cm³/mol.